The Balaban J connectivity index is 2.24. The van der Waals surface area contributed by atoms with E-state index in [2.05, 4.69) is 0 Å². The van der Waals surface area contributed by atoms with Crippen molar-refractivity contribution in [3.63, 3.8) is 0 Å². The van der Waals surface area contributed by atoms with Crippen molar-refractivity contribution in [3.8, 4) is 0 Å². The molecule has 1 unspecified atom stereocenters. The van der Waals surface area contributed by atoms with E-state index in [1.165, 1.54) is 6.42 Å². The quantitative estimate of drug-likeness (QED) is 0.637. The molecular formula is C10H17FO2S. The van der Waals surface area contributed by atoms with E-state index in [0.717, 1.165) is 38.5 Å². The molecule has 0 amide bonds. The highest BCUT2D eigenvalue weighted by atomic mass is 32.3. The Kier molecular flexibility index (Phi) is 2.58. The summed E-state index contributed by atoms with van der Waals surface area (Å²) in [5.41, 5.74) is -0.189. The second kappa shape index (κ2) is 3.47. The van der Waals surface area contributed by atoms with Crippen LogP contribution in [0.4, 0.5) is 3.89 Å². The molecule has 82 valence electrons. The monoisotopic (exact) mass is 220 g/mol. The van der Waals surface area contributed by atoms with Crippen molar-refractivity contribution in [3.05, 3.63) is 0 Å². The van der Waals surface area contributed by atoms with Crippen LogP contribution in [-0.2, 0) is 10.2 Å². The summed E-state index contributed by atoms with van der Waals surface area (Å²) in [5.74, 6) is 0. The highest BCUT2D eigenvalue weighted by Gasteiger charge is 2.49. The molecule has 1 spiro atoms. The molecule has 0 aromatic carbocycles. The van der Waals surface area contributed by atoms with Gasteiger partial charge in [-0.3, -0.25) is 0 Å². The fraction of sp³-hybridized carbons (Fsp3) is 1.00. The highest BCUT2D eigenvalue weighted by molar-refractivity contribution is 7.87. The van der Waals surface area contributed by atoms with Crippen LogP contribution in [0.2, 0.25) is 0 Å². The van der Waals surface area contributed by atoms with Crippen molar-refractivity contribution in [2.24, 2.45) is 5.41 Å². The van der Waals surface area contributed by atoms with Crippen LogP contribution in [0.15, 0.2) is 0 Å². The molecule has 0 radical (unpaired) electrons. The molecular weight excluding hydrogens is 203 g/mol. The van der Waals surface area contributed by atoms with Gasteiger partial charge in [0.2, 0.25) is 0 Å². The third kappa shape index (κ3) is 1.69. The van der Waals surface area contributed by atoms with E-state index in [9.17, 15) is 12.3 Å². The van der Waals surface area contributed by atoms with Crippen LogP contribution in [-0.4, -0.2) is 13.7 Å². The topological polar surface area (TPSA) is 34.1 Å². The molecule has 1 atom stereocenters. The first-order chi connectivity index (χ1) is 6.55. The molecule has 0 aromatic heterocycles. The van der Waals surface area contributed by atoms with E-state index in [1.807, 2.05) is 0 Å². The standard InChI is InChI=1S/C10H17FO2S/c11-14(12,13)9-5-4-8-10(9)6-2-1-3-7-10/h9H,1-8H2. The summed E-state index contributed by atoms with van der Waals surface area (Å²) in [7, 11) is -4.31. The molecule has 0 aromatic rings. The molecule has 2 rings (SSSR count). The van der Waals surface area contributed by atoms with Gasteiger partial charge in [0.15, 0.2) is 0 Å². The lowest BCUT2D eigenvalue weighted by molar-refractivity contribution is 0.197. The lowest BCUT2D eigenvalue weighted by atomic mass is 9.73. The van der Waals surface area contributed by atoms with Crippen molar-refractivity contribution < 1.29 is 12.3 Å². The summed E-state index contributed by atoms with van der Waals surface area (Å²) in [5, 5.41) is -0.685. The van der Waals surface area contributed by atoms with Gasteiger partial charge in [-0.2, -0.15) is 8.42 Å². The first kappa shape index (κ1) is 10.4. The molecule has 0 aliphatic heterocycles. The van der Waals surface area contributed by atoms with Crippen LogP contribution in [0.25, 0.3) is 0 Å². The first-order valence-electron chi connectivity index (χ1n) is 5.48. The molecule has 0 heterocycles. The van der Waals surface area contributed by atoms with Gasteiger partial charge in [0.05, 0.1) is 5.25 Å². The zero-order chi connectivity index (χ0) is 10.2. The zero-order valence-corrected chi connectivity index (χ0v) is 9.15. The van der Waals surface area contributed by atoms with Crippen molar-refractivity contribution >= 4 is 10.2 Å². The molecule has 2 aliphatic rings. The van der Waals surface area contributed by atoms with Crippen molar-refractivity contribution in [2.45, 2.75) is 56.6 Å². The third-order valence-electron chi connectivity index (χ3n) is 4.01. The number of hydrogen-bond acceptors (Lipinski definition) is 2. The van der Waals surface area contributed by atoms with E-state index < -0.39 is 15.5 Å². The average molecular weight is 220 g/mol. The minimum Gasteiger partial charge on any atom is -0.195 e. The largest absolute Gasteiger partial charge is 0.305 e. The molecule has 14 heavy (non-hydrogen) atoms. The van der Waals surface area contributed by atoms with Gasteiger partial charge >= 0.3 is 10.2 Å². The van der Waals surface area contributed by atoms with Crippen molar-refractivity contribution in [2.75, 3.05) is 0 Å². The molecule has 0 saturated heterocycles. The molecule has 4 heteroatoms. The van der Waals surface area contributed by atoms with Gasteiger partial charge in [-0.25, -0.2) is 0 Å². The van der Waals surface area contributed by atoms with Gasteiger partial charge < -0.3 is 0 Å². The fourth-order valence-electron chi connectivity index (χ4n) is 3.37. The minimum atomic E-state index is -4.31. The van der Waals surface area contributed by atoms with Crippen LogP contribution in [0.5, 0.6) is 0 Å². The molecule has 2 saturated carbocycles. The van der Waals surface area contributed by atoms with Gasteiger partial charge in [0.1, 0.15) is 0 Å². The Morgan fingerprint density at radius 3 is 2.14 bits per heavy atom. The SMILES string of the molecule is O=S(=O)(F)C1CCCC12CCCCC2. The van der Waals surface area contributed by atoms with Gasteiger partial charge in [-0.15, -0.1) is 3.89 Å². The lowest BCUT2D eigenvalue weighted by Crippen LogP contribution is -2.36. The van der Waals surface area contributed by atoms with E-state index >= 15 is 0 Å². The molecule has 0 N–H and O–H groups in total. The third-order valence-corrected chi connectivity index (χ3v) is 5.43. The number of halogens is 1. The van der Waals surface area contributed by atoms with Gasteiger partial charge in [-0.1, -0.05) is 25.7 Å². The van der Waals surface area contributed by atoms with Crippen LogP contribution in [0, 0.1) is 5.41 Å². The highest BCUT2D eigenvalue weighted by Crippen LogP contribution is 2.52. The van der Waals surface area contributed by atoms with Crippen LogP contribution >= 0.6 is 0 Å². The summed E-state index contributed by atoms with van der Waals surface area (Å²) in [4.78, 5) is 0. The molecule has 2 aliphatic carbocycles. The number of hydrogen-bond donors (Lipinski definition) is 0. The smallest absolute Gasteiger partial charge is 0.195 e. The molecule has 0 bridgehead atoms. The summed E-state index contributed by atoms with van der Waals surface area (Å²) >= 11 is 0. The van der Waals surface area contributed by atoms with Gasteiger partial charge in [-0.05, 0) is 31.1 Å². The van der Waals surface area contributed by atoms with Gasteiger partial charge in [0, 0.05) is 0 Å². The Bertz CT molecular complexity index is 304. The maximum absolute atomic E-state index is 13.1. The van der Waals surface area contributed by atoms with Crippen molar-refractivity contribution in [1.29, 1.82) is 0 Å². The Morgan fingerprint density at radius 1 is 1.00 bits per heavy atom. The summed E-state index contributed by atoms with van der Waals surface area (Å²) in [6.07, 6.45) is 7.51. The van der Waals surface area contributed by atoms with Gasteiger partial charge in [0.25, 0.3) is 0 Å². The Labute approximate surface area is 85.1 Å². The van der Waals surface area contributed by atoms with Crippen molar-refractivity contribution in [1.82, 2.24) is 0 Å². The van der Waals surface area contributed by atoms with E-state index in [0.29, 0.717) is 6.42 Å². The van der Waals surface area contributed by atoms with Crippen LogP contribution < -0.4 is 0 Å². The summed E-state index contributed by atoms with van der Waals surface area (Å²) in [6, 6.07) is 0. The molecule has 2 fully saturated rings. The summed E-state index contributed by atoms with van der Waals surface area (Å²) < 4.78 is 35.2. The zero-order valence-electron chi connectivity index (χ0n) is 8.34. The molecule has 2 nitrogen and oxygen atoms in total. The van der Waals surface area contributed by atoms with E-state index in [-0.39, 0.29) is 5.41 Å². The average Bonchev–Trinajstić information content (AvgIpc) is 2.49. The predicted molar refractivity (Wildman–Crippen MR) is 53.2 cm³/mol. The van der Waals surface area contributed by atoms with E-state index in [1.54, 1.807) is 0 Å². The Hall–Kier alpha value is -0.120. The lowest BCUT2D eigenvalue weighted by Gasteiger charge is -2.36. The minimum absolute atomic E-state index is 0.189. The maximum atomic E-state index is 13.1. The van der Waals surface area contributed by atoms with E-state index in [4.69, 9.17) is 0 Å². The van der Waals surface area contributed by atoms with Crippen LogP contribution in [0.3, 0.4) is 0 Å². The first-order valence-corrected chi connectivity index (χ1v) is 6.93. The maximum Gasteiger partial charge on any atom is 0.305 e. The fourth-order valence-corrected chi connectivity index (χ4v) is 4.77. The summed E-state index contributed by atoms with van der Waals surface area (Å²) in [6.45, 7) is 0. The van der Waals surface area contributed by atoms with Crippen LogP contribution in [0.1, 0.15) is 51.4 Å². The number of rotatable bonds is 1. The normalized spacial score (nSPS) is 32.2. The predicted octanol–water partition coefficient (Wildman–Crippen LogP) is 2.79. The Morgan fingerprint density at radius 2 is 1.57 bits per heavy atom. The second-order valence-corrected chi connectivity index (χ2v) is 6.30. The second-order valence-electron chi connectivity index (χ2n) is 4.78.